The molecule has 0 amide bonds. The fourth-order valence-electron chi connectivity index (χ4n) is 4.04. The van der Waals surface area contributed by atoms with Crippen molar-refractivity contribution < 1.29 is 13.2 Å². The van der Waals surface area contributed by atoms with Gasteiger partial charge in [0.25, 0.3) is 0 Å². The number of benzene rings is 1. The van der Waals surface area contributed by atoms with Gasteiger partial charge in [-0.2, -0.15) is 9.40 Å². The molecule has 1 aliphatic rings. The molecule has 1 saturated heterocycles. The number of hydrogen-bond donors (Lipinski definition) is 0. The number of anilines is 1. The number of fused-ring (bicyclic) bond motifs is 1. The highest BCUT2D eigenvalue weighted by Gasteiger charge is 2.25. The lowest BCUT2D eigenvalue weighted by atomic mass is 10.1. The zero-order valence-corrected chi connectivity index (χ0v) is 22.5. The van der Waals surface area contributed by atoms with Crippen LogP contribution >= 0.6 is 0 Å². The predicted octanol–water partition coefficient (Wildman–Crippen LogP) is 3.20. The monoisotopic (exact) mass is 502 g/mol. The summed E-state index contributed by atoms with van der Waals surface area (Å²) < 4.78 is 33.1. The Balaban J connectivity index is 1.62. The minimum Gasteiger partial charge on any atom is -0.360 e. The molecule has 9 nitrogen and oxygen atoms in total. The van der Waals surface area contributed by atoms with Crippen LogP contribution in [0, 0.1) is 6.92 Å². The highest BCUT2D eigenvalue weighted by Crippen LogP contribution is 2.30. The van der Waals surface area contributed by atoms with E-state index in [1.807, 2.05) is 16.8 Å². The summed E-state index contributed by atoms with van der Waals surface area (Å²) in [4.78, 5) is 11.2. The second kappa shape index (κ2) is 9.72. The maximum Gasteiger partial charge on any atom is 0.211 e. The molecule has 0 aliphatic carbocycles. The van der Waals surface area contributed by atoms with E-state index in [9.17, 15) is 8.42 Å². The van der Waals surface area contributed by atoms with E-state index in [-0.39, 0.29) is 0 Å². The standard InChI is InChI=1S/C23H34N6O3SSi/c1-18-6-7-20-19(14-18)23(29(26-20)17-32-12-13-34(3,4)5)21-15-22(25-16-24-21)27-8-10-28(11-9-27)33(2,30)31/h6-7,14-16H,8-13,17H2,1-5H3. The molecule has 2 aromatic heterocycles. The molecule has 0 radical (unpaired) electrons. The number of nitrogens with zero attached hydrogens (tertiary/aromatic N) is 6. The minimum absolute atomic E-state index is 0.361. The third kappa shape index (κ3) is 5.83. The Labute approximate surface area is 202 Å². The van der Waals surface area contributed by atoms with E-state index in [0.717, 1.165) is 39.7 Å². The molecule has 0 unspecified atom stereocenters. The van der Waals surface area contributed by atoms with Crippen molar-refractivity contribution in [2.75, 3.05) is 43.9 Å². The van der Waals surface area contributed by atoms with E-state index in [2.05, 4.69) is 53.6 Å². The average Bonchev–Trinajstić information content (AvgIpc) is 3.13. The maximum absolute atomic E-state index is 11.9. The van der Waals surface area contributed by atoms with Crippen molar-refractivity contribution >= 4 is 34.8 Å². The summed E-state index contributed by atoms with van der Waals surface area (Å²) in [6.07, 6.45) is 2.82. The van der Waals surface area contributed by atoms with Gasteiger partial charge in [0.1, 0.15) is 18.9 Å². The Morgan fingerprint density at radius 3 is 2.47 bits per heavy atom. The van der Waals surface area contributed by atoms with Crippen LogP contribution in [-0.4, -0.2) is 79.6 Å². The van der Waals surface area contributed by atoms with Crippen molar-refractivity contribution in [1.82, 2.24) is 24.1 Å². The SMILES string of the molecule is Cc1ccc2nn(COCC[Si](C)(C)C)c(-c3cc(N4CCN(S(C)(=O)=O)CC4)ncn3)c2c1. The van der Waals surface area contributed by atoms with E-state index in [1.54, 1.807) is 6.33 Å². The molecule has 1 aliphatic heterocycles. The number of ether oxygens (including phenoxy) is 1. The normalized spacial score (nSPS) is 15.9. The Bertz CT molecular complexity index is 1260. The third-order valence-corrected chi connectivity index (χ3v) is 9.04. The van der Waals surface area contributed by atoms with E-state index in [1.165, 1.54) is 10.6 Å². The van der Waals surface area contributed by atoms with Crippen LogP contribution in [0.3, 0.4) is 0 Å². The smallest absolute Gasteiger partial charge is 0.211 e. The maximum atomic E-state index is 11.9. The highest BCUT2D eigenvalue weighted by molar-refractivity contribution is 7.88. The molecule has 34 heavy (non-hydrogen) atoms. The molecule has 4 rings (SSSR count). The zero-order valence-electron chi connectivity index (χ0n) is 20.7. The van der Waals surface area contributed by atoms with Crippen molar-refractivity contribution in [2.45, 2.75) is 39.3 Å². The van der Waals surface area contributed by atoms with E-state index in [4.69, 9.17) is 9.84 Å². The Morgan fingerprint density at radius 1 is 1.06 bits per heavy atom. The summed E-state index contributed by atoms with van der Waals surface area (Å²) in [5.41, 5.74) is 3.73. The number of sulfonamides is 1. The van der Waals surface area contributed by atoms with Crippen molar-refractivity contribution in [3.8, 4) is 11.4 Å². The summed E-state index contributed by atoms with van der Waals surface area (Å²) in [7, 11) is -4.36. The van der Waals surface area contributed by atoms with Gasteiger partial charge in [-0.25, -0.2) is 23.1 Å². The summed E-state index contributed by atoms with van der Waals surface area (Å²) in [6.45, 7) is 12.2. The Morgan fingerprint density at radius 2 is 1.79 bits per heavy atom. The van der Waals surface area contributed by atoms with Gasteiger partial charge < -0.3 is 9.64 Å². The first-order valence-electron chi connectivity index (χ1n) is 11.6. The molecule has 1 aromatic carbocycles. The van der Waals surface area contributed by atoms with Crippen LogP contribution in [0.15, 0.2) is 30.6 Å². The molecule has 0 spiro atoms. The molecular weight excluding hydrogens is 468 g/mol. The molecule has 3 heterocycles. The van der Waals surface area contributed by atoms with E-state index >= 15 is 0 Å². The molecular formula is C23H34N6O3SSi. The summed E-state index contributed by atoms with van der Waals surface area (Å²) >= 11 is 0. The third-order valence-electron chi connectivity index (χ3n) is 6.03. The molecule has 11 heteroatoms. The molecule has 0 saturated carbocycles. The van der Waals surface area contributed by atoms with Crippen LogP contribution in [-0.2, 0) is 21.5 Å². The van der Waals surface area contributed by atoms with Gasteiger partial charge in [-0.1, -0.05) is 31.3 Å². The second-order valence-electron chi connectivity index (χ2n) is 10.1. The lowest BCUT2D eigenvalue weighted by Gasteiger charge is -2.34. The number of aromatic nitrogens is 4. The van der Waals surface area contributed by atoms with Crippen molar-refractivity contribution in [3.05, 3.63) is 36.2 Å². The van der Waals surface area contributed by atoms with Crippen molar-refractivity contribution in [3.63, 3.8) is 0 Å². The summed E-state index contributed by atoms with van der Waals surface area (Å²) in [6, 6.07) is 9.27. The van der Waals surface area contributed by atoms with Gasteiger partial charge in [0.05, 0.1) is 23.2 Å². The van der Waals surface area contributed by atoms with Crippen LogP contribution in [0.5, 0.6) is 0 Å². The van der Waals surface area contributed by atoms with E-state index < -0.39 is 18.1 Å². The summed E-state index contributed by atoms with van der Waals surface area (Å²) in [5, 5.41) is 5.83. The van der Waals surface area contributed by atoms with Crippen LogP contribution < -0.4 is 4.90 Å². The van der Waals surface area contributed by atoms with Gasteiger partial charge in [0.2, 0.25) is 10.0 Å². The van der Waals surface area contributed by atoms with Crippen LogP contribution in [0.25, 0.3) is 22.3 Å². The largest absolute Gasteiger partial charge is 0.360 e. The first-order valence-corrected chi connectivity index (χ1v) is 17.1. The van der Waals surface area contributed by atoms with Gasteiger partial charge in [-0.05, 0) is 25.1 Å². The minimum atomic E-state index is -3.18. The fraction of sp³-hybridized carbons (Fsp3) is 0.522. The molecule has 3 aromatic rings. The number of piperazine rings is 1. The molecule has 0 bridgehead atoms. The Kier molecular flexibility index (Phi) is 7.08. The molecule has 1 fully saturated rings. The molecule has 184 valence electrons. The van der Waals surface area contributed by atoms with E-state index in [0.29, 0.717) is 39.5 Å². The first kappa shape index (κ1) is 24.8. The lowest BCUT2D eigenvalue weighted by molar-refractivity contribution is 0.0802. The van der Waals surface area contributed by atoms with Crippen LogP contribution in [0.4, 0.5) is 5.82 Å². The zero-order chi connectivity index (χ0) is 24.5. The van der Waals surface area contributed by atoms with Gasteiger partial charge >= 0.3 is 0 Å². The quantitative estimate of drug-likeness (QED) is 0.345. The molecule has 0 atom stereocenters. The van der Waals surface area contributed by atoms with Gasteiger partial charge in [-0.15, -0.1) is 0 Å². The first-order chi connectivity index (χ1) is 16.0. The average molecular weight is 503 g/mol. The van der Waals surface area contributed by atoms with Crippen LogP contribution in [0.2, 0.25) is 25.7 Å². The number of rotatable bonds is 8. The van der Waals surface area contributed by atoms with Gasteiger partial charge in [0, 0.05) is 52.3 Å². The lowest BCUT2D eigenvalue weighted by Crippen LogP contribution is -2.48. The Hall–Kier alpha value is -2.34. The number of aryl methyl sites for hydroxylation is 1. The summed E-state index contributed by atoms with van der Waals surface area (Å²) in [5.74, 6) is 0.784. The van der Waals surface area contributed by atoms with Crippen LogP contribution in [0.1, 0.15) is 5.56 Å². The van der Waals surface area contributed by atoms with Crippen molar-refractivity contribution in [2.24, 2.45) is 0 Å². The highest BCUT2D eigenvalue weighted by atomic mass is 32.2. The fourth-order valence-corrected chi connectivity index (χ4v) is 5.62. The van der Waals surface area contributed by atoms with Crippen molar-refractivity contribution in [1.29, 1.82) is 0 Å². The van der Waals surface area contributed by atoms with Gasteiger partial charge in [-0.3, -0.25) is 0 Å². The molecule has 0 N–H and O–H groups in total. The predicted molar refractivity (Wildman–Crippen MR) is 138 cm³/mol. The topological polar surface area (TPSA) is 93.5 Å². The second-order valence-corrected chi connectivity index (χ2v) is 17.7. The number of hydrogen-bond acceptors (Lipinski definition) is 7. The van der Waals surface area contributed by atoms with Gasteiger partial charge in [0.15, 0.2) is 0 Å².